The second-order valence-electron chi connectivity index (χ2n) is 3.45. The van der Waals surface area contributed by atoms with E-state index in [4.69, 9.17) is 0 Å². The molecule has 76 valence electrons. The molecule has 1 N–H and O–H groups in total. The molecule has 0 aliphatic carbocycles. The Kier molecular flexibility index (Phi) is 3.06. The van der Waals surface area contributed by atoms with Gasteiger partial charge in [0.1, 0.15) is 6.54 Å². The Bertz CT molecular complexity index is 361. The minimum atomic E-state index is -0.519. The van der Waals surface area contributed by atoms with Crippen LogP contribution in [0.3, 0.4) is 0 Å². The van der Waals surface area contributed by atoms with Gasteiger partial charge in [0.25, 0.3) is 0 Å². The molecule has 1 rings (SSSR count). The third kappa shape index (κ3) is 2.45. The lowest BCUT2D eigenvalue weighted by Crippen LogP contribution is -2.21. The molecule has 0 amide bonds. The van der Waals surface area contributed by atoms with Gasteiger partial charge in [0.05, 0.1) is 0 Å². The Morgan fingerprint density at radius 2 is 1.79 bits per heavy atom. The van der Waals surface area contributed by atoms with Crippen LogP contribution in [-0.2, 0) is 6.54 Å². The summed E-state index contributed by atoms with van der Waals surface area (Å²) in [6.07, 6.45) is 0. The molecule has 0 saturated heterocycles. The molecule has 14 heavy (non-hydrogen) atoms. The highest BCUT2D eigenvalue weighted by molar-refractivity contribution is 5.36. The number of aryl methyl sites for hydroxylation is 3. The van der Waals surface area contributed by atoms with Gasteiger partial charge >= 0.3 is 0 Å². The second-order valence-corrected chi connectivity index (χ2v) is 3.45. The van der Waals surface area contributed by atoms with Crippen molar-refractivity contribution < 1.29 is 5.03 Å². The van der Waals surface area contributed by atoms with E-state index in [-0.39, 0.29) is 6.54 Å². The first-order valence-corrected chi connectivity index (χ1v) is 4.45. The summed E-state index contributed by atoms with van der Waals surface area (Å²) < 4.78 is 0. The average Bonchev–Trinajstić information content (AvgIpc) is 2.09. The van der Waals surface area contributed by atoms with Crippen molar-refractivity contribution >= 4 is 0 Å². The van der Waals surface area contributed by atoms with Crippen LogP contribution in [0.15, 0.2) is 12.1 Å². The van der Waals surface area contributed by atoms with Gasteiger partial charge in [0.15, 0.2) is 5.03 Å². The topological polar surface area (TPSA) is 55.2 Å². The average molecular weight is 194 g/mol. The van der Waals surface area contributed by atoms with Crippen LogP contribution >= 0.6 is 0 Å². The number of nitrogens with one attached hydrogen (secondary N) is 1. The maximum atomic E-state index is 10.1. The van der Waals surface area contributed by atoms with Gasteiger partial charge in [-0.05, 0) is 43.0 Å². The molecule has 0 saturated carbocycles. The maximum absolute atomic E-state index is 10.1. The van der Waals surface area contributed by atoms with E-state index in [9.17, 15) is 10.1 Å². The molecule has 0 aromatic heterocycles. The van der Waals surface area contributed by atoms with Crippen LogP contribution in [0, 0.1) is 30.9 Å². The fraction of sp³-hybridized carbons (Fsp3) is 0.400. The third-order valence-electron chi connectivity index (χ3n) is 2.35. The molecular formula is C10H14N2O2. The van der Waals surface area contributed by atoms with Gasteiger partial charge in [-0.3, -0.25) is 0 Å². The zero-order valence-electron chi connectivity index (χ0n) is 8.63. The normalized spacial score (nSPS) is 9.93. The van der Waals surface area contributed by atoms with Gasteiger partial charge in [-0.1, -0.05) is 12.1 Å². The van der Waals surface area contributed by atoms with Crippen LogP contribution in [0.5, 0.6) is 0 Å². The Balaban J connectivity index is 2.87. The van der Waals surface area contributed by atoms with Crippen LogP contribution in [0.2, 0.25) is 0 Å². The third-order valence-corrected chi connectivity index (χ3v) is 2.35. The monoisotopic (exact) mass is 194 g/mol. The summed E-state index contributed by atoms with van der Waals surface area (Å²) in [4.78, 5) is 10.1. The molecule has 0 fully saturated rings. The lowest BCUT2D eigenvalue weighted by atomic mass is 10.0. The van der Waals surface area contributed by atoms with Crippen molar-refractivity contribution in [3.05, 3.63) is 44.5 Å². The summed E-state index contributed by atoms with van der Waals surface area (Å²) in [5, 5.41) is 9.61. The number of hydrogen-bond acceptors (Lipinski definition) is 2. The molecule has 0 radical (unpaired) electrons. The van der Waals surface area contributed by atoms with E-state index in [1.807, 2.05) is 32.9 Å². The number of nitro groups is 1. The highest BCUT2D eigenvalue weighted by atomic mass is 16.7. The summed E-state index contributed by atoms with van der Waals surface area (Å²) in [7, 11) is 0. The predicted molar refractivity (Wildman–Crippen MR) is 54.5 cm³/mol. The summed E-state index contributed by atoms with van der Waals surface area (Å²) in [6.45, 7) is 6.28. The maximum Gasteiger partial charge on any atom is 0.157 e. The number of hydrazine groups is 1. The molecular weight excluding hydrogens is 180 g/mol. The van der Waals surface area contributed by atoms with Gasteiger partial charge in [-0.2, -0.15) is 0 Å². The van der Waals surface area contributed by atoms with Gasteiger partial charge in [-0.25, -0.2) is 10.1 Å². The van der Waals surface area contributed by atoms with Crippen molar-refractivity contribution in [2.75, 3.05) is 0 Å². The highest BCUT2D eigenvalue weighted by Gasteiger charge is 2.03. The van der Waals surface area contributed by atoms with Crippen molar-refractivity contribution in [2.24, 2.45) is 0 Å². The van der Waals surface area contributed by atoms with Crippen molar-refractivity contribution in [3.63, 3.8) is 0 Å². The van der Waals surface area contributed by atoms with Crippen LogP contribution in [0.1, 0.15) is 22.3 Å². The first kappa shape index (κ1) is 10.5. The second kappa shape index (κ2) is 4.09. The van der Waals surface area contributed by atoms with Crippen molar-refractivity contribution in [3.8, 4) is 0 Å². The zero-order chi connectivity index (χ0) is 10.7. The van der Waals surface area contributed by atoms with Crippen LogP contribution in [0.25, 0.3) is 0 Å². The number of hydrogen-bond donors (Lipinski definition) is 1. The van der Waals surface area contributed by atoms with Gasteiger partial charge in [0.2, 0.25) is 0 Å². The minimum Gasteiger partial charge on any atom is -0.235 e. The van der Waals surface area contributed by atoms with E-state index >= 15 is 0 Å². The van der Waals surface area contributed by atoms with Gasteiger partial charge in [0, 0.05) is 0 Å². The number of nitrogens with zero attached hydrogens (tertiary/aromatic N) is 1. The van der Waals surface area contributed by atoms with E-state index in [0.717, 1.165) is 16.7 Å². The Morgan fingerprint density at radius 1 is 1.21 bits per heavy atom. The zero-order valence-corrected chi connectivity index (χ0v) is 8.63. The predicted octanol–water partition coefficient (Wildman–Crippen LogP) is 1.89. The lowest BCUT2D eigenvalue weighted by Gasteiger charge is -2.07. The summed E-state index contributed by atoms with van der Waals surface area (Å²) >= 11 is 0. The quantitative estimate of drug-likeness (QED) is 0.590. The fourth-order valence-electron chi connectivity index (χ4n) is 1.36. The summed E-state index contributed by atoms with van der Waals surface area (Å²) in [6, 6.07) is 4.04. The molecule has 0 unspecified atom stereocenters. The Hall–Kier alpha value is -1.58. The number of rotatable bonds is 3. The summed E-state index contributed by atoms with van der Waals surface area (Å²) in [5.74, 6) is 0. The molecule has 0 aliphatic rings. The van der Waals surface area contributed by atoms with Crippen LogP contribution in [0.4, 0.5) is 0 Å². The van der Waals surface area contributed by atoms with Crippen molar-refractivity contribution in [1.82, 2.24) is 5.43 Å². The van der Waals surface area contributed by atoms with E-state index in [1.54, 1.807) is 0 Å². The molecule has 1 aromatic carbocycles. The minimum absolute atomic E-state index is 0.278. The SMILES string of the molecule is Cc1cc(C)c(CN[N+](=O)[O-])cc1C. The van der Waals surface area contributed by atoms with E-state index in [2.05, 4.69) is 5.43 Å². The number of benzene rings is 1. The summed E-state index contributed by atoms with van der Waals surface area (Å²) in [5.41, 5.74) is 6.61. The molecule has 4 nitrogen and oxygen atoms in total. The molecule has 0 atom stereocenters. The smallest absolute Gasteiger partial charge is 0.157 e. The van der Waals surface area contributed by atoms with Crippen LogP contribution in [-0.4, -0.2) is 5.03 Å². The first-order chi connectivity index (χ1) is 6.50. The molecule has 0 aliphatic heterocycles. The molecule has 0 heterocycles. The van der Waals surface area contributed by atoms with Crippen molar-refractivity contribution in [2.45, 2.75) is 27.3 Å². The fourth-order valence-corrected chi connectivity index (χ4v) is 1.36. The van der Waals surface area contributed by atoms with Crippen LogP contribution < -0.4 is 5.43 Å². The highest BCUT2D eigenvalue weighted by Crippen LogP contribution is 2.14. The Morgan fingerprint density at radius 3 is 2.36 bits per heavy atom. The van der Waals surface area contributed by atoms with E-state index < -0.39 is 5.03 Å². The lowest BCUT2D eigenvalue weighted by molar-refractivity contribution is -0.546. The molecule has 0 bridgehead atoms. The van der Waals surface area contributed by atoms with E-state index in [1.165, 1.54) is 5.56 Å². The molecule has 0 spiro atoms. The van der Waals surface area contributed by atoms with E-state index in [0.29, 0.717) is 0 Å². The van der Waals surface area contributed by atoms with Gasteiger partial charge < -0.3 is 0 Å². The van der Waals surface area contributed by atoms with Gasteiger partial charge in [-0.15, -0.1) is 5.43 Å². The first-order valence-electron chi connectivity index (χ1n) is 4.45. The van der Waals surface area contributed by atoms with Crippen molar-refractivity contribution in [1.29, 1.82) is 0 Å². The Labute approximate surface area is 83.1 Å². The largest absolute Gasteiger partial charge is 0.235 e. The molecule has 4 heteroatoms. The standard InChI is InChI=1S/C10H14N2O2/c1-7-4-9(3)10(5-8(7)2)6-11-12(13)14/h4-5,11H,6H2,1-3H3. The molecule has 1 aromatic rings.